The summed E-state index contributed by atoms with van der Waals surface area (Å²) in [6.07, 6.45) is 0. The maximum absolute atomic E-state index is 13.4. The number of alkyl halides is 2. The molecule has 1 N–H and O–H groups in total. The third-order valence-corrected chi connectivity index (χ3v) is 2.52. The van der Waals surface area contributed by atoms with Crippen molar-refractivity contribution in [3.63, 3.8) is 0 Å². The molecule has 0 aliphatic carbocycles. The van der Waals surface area contributed by atoms with Crippen molar-refractivity contribution in [2.45, 2.75) is 12.8 Å². The minimum Gasteiger partial charge on any atom is -0.478 e. The maximum atomic E-state index is 13.4. The van der Waals surface area contributed by atoms with Crippen molar-refractivity contribution in [3.8, 4) is 0 Å². The van der Waals surface area contributed by atoms with Crippen LogP contribution in [0.5, 0.6) is 0 Å². The van der Waals surface area contributed by atoms with Crippen LogP contribution in [0.4, 0.5) is 8.78 Å². The third kappa shape index (κ3) is 1.75. The van der Waals surface area contributed by atoms with Crippen LogP contribution < -0.4 is 0 Å². The monoisotopic (exact) mass is 240 g/mol. The molecule has 0 amide bonds. The van der Waals surface area contributed by atoms with Gasteiger partial charge in [0.25, 0.3) is 5.92 Å². The van der Waals surface area contributed by atoms with Gasteiger partial charge in [0.1, 0.15) is 5.69 Å². The molecule has 0 unspecified atom stereocenters. The van der Waals surface area contributed by atoms with Crippen LogP contribution in [0.25, 0.3) is 10.9 Å². The standard InChI is InChI=1S/C11H10F2N2O2/c1-11(12,13)9-8-6(10(16)17)4-3-5-7(8)15(2)14-9/h3-5H,1-2H3,(H,16,17). The van der Waals surface area contributed by atoms with Crippen LogP contribution in [0.15, 0.2) is 18.2 Å². The van der Waals surface area contributed by atoms with Crippen molar-refractivity contribution in [1.29, 1.82) is 0 Å². The summed E-state index contributed by atoms with van der Waals surface area (Å²) in [6, 6.07) is 4.36. The average molecular weight is 240 g/mol. The van der Waals surface area contributed by atoms with Crippen molar-refractivity contribution in [2.75, 3.05) is 0 Å². The molecule has 6 heteroatoms. The van der Waals surface area contributed by atoms with Gasteiger partial charge in [-0.25, -0.2) is 4.79 Å². The molecule has 0 radical (unpaired) electrons. The molecule has 1 heterocycles. The van der Waals surface area contributed by atoms with E-state index in [-0.39, 0.29) is 10.9 Å². The first-order chi connectivity index (χ1) is 7.82. The minimum atomic E-state index is -3.18. The summed E-state index contributed by atoms with van der Waals surface area (Å²) in [4.78, 5) is 11.0. The number of aromatic carboxylic acids is 1. The van der Waals surface area contributed by atoms with Gasteiger partial charge < -0.3 is 5.11 Å². The first-order valence-corrected chi connectivity index (χ1v) is 4.89. The predicted octanol–water partition coefficient (Wildman–Crippen LogP) is 2.38. The second-order valence-electron chi connectivity index (χ2n) is 3.87. The summed E-state index contributed by atoms with van der Waals surface area (Å²) in [5.74, 6) is -4.42. The molecule has 2 rings (SSSR count). The van der Waals surface area contributed by atoms with Crippen LogP contribution >= 0.6 is 0 Å². The number of benzene rings is 1. The lowest BCUT2D eigenvalue weighted by Crippen LogP contribution is -2.10. The number of rotatable bonds is 2. The van der Waals surface area contributed by atoms with Crippen LogP contribution in [0.3, 0.4) is 0 Å². The maximum Gasteiger partial charge on any atom is 0.336 e. The Kier molecular flexibility index (Phi) is 2.38. The van der Waals surface area contributed by atoms with Gasteiger partial charge >= 0.3 is 5.97 Å². The lowest BCUT2D eigenvalue weighted by atomic mass is 10.1. The van der Waals surface area contributed by atoms with Gasteiger partial charge in [-0.15, -0.1) is 0 Å². The van der Waals surface area contributed by atoms with Crippen LogP contribution in [-0.2, 0) is 13.0 Å². The Morgan fingerprint density at radius 1 is 1.47 bits per heavy atom. The summed E-state index contributed by atoms with van der Waals surface area (Å²) in [5.41, 5.74) is -0.290. The van der Waals surface area contributed by atoms with Crippen LogP contribution in [0.1, 0.15) is 23.0 Å². The van der Waals surface area contributed by atoms with Gasteiger partial charge in [-0.2, -0.15) is 13.9 Å². The SMILES string of the molecule is Cn1nc(C(C)(F)F)c2c(C(=O)O)cccc21. The molecule has 0 bridgehead atoms. The van der Waals surface area contributed by atoms with Crippen molar-refractivity contribution >= 4 is 16.9 Å². The summed E-state index contributed by atoms with van der Waals surface area (Å²) in [7, 11) is 1.50. The lowest BCUT2D eigenvalue weighted by Gasteiger charge is -2.07. The van der Waals surface area contributed by atoms with Crippen molar-refractivity contribution in [2.24, 2.45) is 7.05 Å². The molecule has 0 spiro atoms. The number of hydrogen-bond acceptors (Lipinski definition) is 2. The van der Waals surface area contributed by atoms with E-state index >= 15 is 0 Å². The van der Waals surface area contributed by atoms with Crippen molar-refractivity contribution in [1.82, 2.24) is 9.78 Å². The van der Waals surface area contributed by atoms with Gasteiger partial charge in [-0.3, -0.25) is 4.68 Å². The molecule has 0 saturated heterocycles. The molecule has 0 atom stereocenters. The predicted molar refractivity (Wildman–Crippen MR) is 57.2 cm³/mol. The van der Waals surface area contributed by atoms with Gasteiger partial charge in [0, 0.05) is 19.4 Å². The number of halogens is 2. The number of carboxylic acids is 1. The fourth-order valence-electron chi connectivity index (χ4n) is 1.80. The van der Waals surface area contributed by atoms with E-state index in [0.29, 0.717) is 12.4 Å². The Morgan fingerprint density at radius 3 is 2.65 bits per heavy atom. The van der Waals surface area contributed by atoms with E-state index in [1.807, 2.05) is 0 Å². The highest BCUT2D eigenvalue weighted by atomic mass is 19.3. The normalized spacial score (nSPS) is 12.0. The first-order valence-electron chi connectivity index (χ1n) is 4.89. The minimum absolute atomic E-state index is 0.00463. The van der Waals surface area contributed by atoms with Gasteiger partial charge in [0.2, 0.25) is 0 Å². The topological polar surface area (TPSA) is 55.1 Å². The molecule has 90 valence electrons. The number of carbonyl (C=O) groups is 1. The Balaban J connectivity index is 2.91. The molecule has 1 aromatic carbocycles. The van der Waals surface area contributed by atoms with Gasteiger partial charge in [-0.1, -0.05) is 6.07 Å². The van der Waals surface area contributed by atoms with Crippen LogP contribution in [0.2, 0.25) is 0 Å². The lowest BCUT2D eigenvalue weighted by molar-refractivity contribution is 0.0137. The number of carboxylic acid groups (broad SMARTS) is 1. The fraction of sp³-hybridized carbons (Fsp3) is 0.273. The van der Waals surface area contributed by atoms with E-state index < -0.39 is 17.6 Å². The quantitative estimate of drug-likeness (QED) is 0.876. The first kappa shape index (κ1) is 11.5. The van der Waals surface area contributed by atoms with Crippen LogP contribution in [0, 0.1) is 0 Å². The Bertz CT molecular complexity index is 599. The summed E-state index contributed by atoms with van der Waals surface area (Å²) >= 11 is 0. The number of aryl methyl sites for hydroxylation is 1. The Hall–Kier alpha value is -1.98. The number of aromatic nitrogens is 2. The molecule has 0 aliphatic heterocycles. The zero-order valence-electron chi connectivity index (χ0n) is 9.24. The number of fused-ring (bicyclic) bond motifs is 1. The van der Waals surface area contributed by atoms with E-state index in [2.05, 4.69) is 5.10 Å². The average Bonchev–Trinajstić information content (AvgIpc) is 2.56. The highest BCUT2D eigenvalue weighted by Crippen LogP contribution is 2.33. The molecule has 4 nitrogen and oxygen atoms in total. The molecular formula is C11H10F2N2O2. The Labute approximate surface area is 95.5 Å². The molecule has 17 heavy (non-hydrogen) atoms. The fourth-order valence-corrected chi connectivity index (χ4v) is 1.80. The number of hydrogen-bond donors (Lipinski definition) is 1. The smallest absolute Gasteiger partial charge is 0.336 e. The largest absolute Gasteiger partial charge is 0.478 e. The zero-order chi connectivity index (χ0) is 12.8. The van der Waals surface area contributed by atoms with Crippen molar-refractivity contribution in [3.05, 3.63) is 29.5 Å². The third-order valence-electron chi connectivity index (χ3n) is 2.52. The van der Waals surface area contributed by atoms with E-state index in [9.17, 15) is 13.6 Å². The van der Waals surface area contributed by atoms with Gasteiger partial charge in [0.05, 0.1) is 11.1 Å². The second-order valence-corrected chi connectivity index (χ2v) is 3.87. The number of nitrogens with zero attached hydrogens (tertiary/aromatic N) is 2. The van der Waals surface area contributed by atoms with E-state index in [4.69, 9.17) is 5.11 Å². The molecule has 1 aromatic heterocycles. The van der Waals surface area contributed by atoms with Crippen LogP contribution in [-0.4, -0.2) is 20.9 Å². The molecule has 0 aliphatic rings. The second kappa shape index (κ2) is 3.51. The molecule has 0 saturated carbocycles. The molecule has 0 fully saturated rings. The zero-order valence-corrected chi connectivity index (χ0v) is 9.24. The highest BCUT2D eigenvalue weighted by Gasteiger charge is 2.32. The highest BCUT2D eigenvalue weighted by molar-refractivity contribution is 6.04. The van der Waals surface area contributed by atoms with E-state index in [1.165, 1.54) is 23.9 Å². The van der Waals surface area contributed by atoms with Gasteiger partial charge in [-0.05, 0) is 12.1 Å². The molecular weight excluding hydrogens is 230 g/mol. The van der Waals surface area contributed by atoms with E-state index in [0.717, 1.165) is 0 Å². The van der Waals surface area contributed by atoms with Gasteiger partial charge in [0.15, 0.2) is 0 Å². The summed E-state index contributed by atoms with van der Waals surface area (Å²) in [6.45, 7) is 0.702. The van der Waals surface area contributed by atoms with Crippen molar-refractivity contribution < 1.29 is 18.7 Å². The summed E-state index contributed by atoms with van der Waals surface area (Å²) in [5, 5.41) is 12.7. The van der Waals surface area contributed by atoms with E-state index in [1.54, 1.807) is 6.07 Å². The Morgan fingerprint density at radius 2 is 2.12 bits per heavy atom. The molecule has 2 aromatic rings. The summed E-state index contributed by atoms with van der Waals surface area (Å²) < 4.78 is 28.0.